The molecule has 0 unspecified atom stereocenters. The highest BCUT2D eigenvalue weighted by Crippen LogP contribution is 2.21. The van der Waals surface area contributed by atoms with Gasteiger partial charge in [0, 0.05) is 13.0 Å². The van der Waals surface area contributed by atoms with Crippen LogP contribution in [0.4, 0.5) is 0 Å². The normalized spacial score (nSPS) is 11.1. The summed E-state index contributed by atoms with van der Waals surface area (Å²) in [5, 5.41) is 17.2. The number of hydrogen-bond donors (Lipinski definition) is 0. The van der Waals surface area contributed by atoms with E-state index in [1.807, 2.05) is 20.9 Å². The fraction of sp³-hybridized carbons (Fsp3) is 0.833. The number of nitriles is 2. The standard InChI is InChI=1S/C12H21N3/c1-12(2,11-14)7-4-5-9-15(3)10-6-8-13/h4-7,9-10H2,1-3H3. The molecule has 0 aromatic rings. The van der Waals surface area contributed by atoms with E-state index in [9.17, 15) is 0 Å². The molecule has 0 saturated carbocycles. The summed E-state index contributed by atoms with van der Waals surface area (Å²) in [6.45, 7) is 5.82. The number of hydrogen-bond acceptors (Lipinski definition) is 3. The van der Waals surface area contributed by atoms with E-state index < -0.39 is 0 Å². The average molecular weight is 207 g/mol. The summed E-state index contributed by atoms with van der Waals surface area (Å²) in [7, 11) is 2.03. The van der Waals surface area contributed by atoms with Crippen molar-refractivity contribution in [1.29, 1.82) is 10.5 Å². The first kappa shape index (κ1) is 13.9. The molecule has 0 fully saturated rings. The molecule has 0 bridgehead atoms. The fourth-order valence-corrected chi connectivity index (χ4v) is 1.36. The Morgan fingerprint density at radius 2 is 1.80 bits per heavy atom. The largest absolute Gasteiger partial charge is 0.305 e. The predicted molar refractivity (Wildman–Crippen MR) is 61.0 cm³/mol. The van der Waals surface area contributed by atoms with Crippen LogP contribution in [0.2, 0.25) is 0 Å². The molecule has 0 atom stereocenters. The van der Waals surface area contributed by atoms with Crippen LogP contribution < -0.4 is 0 Å². The molecule has 0 aliphatic heterocycles. The zero-order chi connectivity index (χ0) is 11.7. The van der Waals surface area contributed by atoms with Crippen molar-refractivity contribution < 1.29 is 0 Å². The van der Waals surface area contributed by atoms with Gasteiger partial charge in [-0.15, -0.1) is 0 Å². The second-order valence-electron chi connectivity index (χ2n) is 4.66. The van der Waals surface area contributed by atoms with Crippen LogP contribution in [0.3, 0.4) is 0 Å². The van der Waals surface area contributed by atoms with Crippen molar-refractivity contribution in [2.75, 3.05) is 20.1 Å². The predicted octanol–water partition coefficient (Wildman–Crippen LogP) is 2.55. The van der Waals surface area contributed by atoms with Crippen molar-refractivity contribution in [3.63, 3.8) is 0 Å². The Kier molecular flexibility index (Phi) is 6.75. The zero-order valence-corrected chi connectivity index (χ0v) is 10.1. The third-order valence-electron chi connectivity index (χ3n) is 2.50. The Labute approximate surface area is 93.3 Å². The van der Waals surface area contributed by atoms with Gasteiger partial charge in [-0.3, -0.25) is 0 Å². The average Bonchev–Trinajstić information content (AvgIpc) is 2.21. The molecule has 84 valence electrons. The molecule has 0 N–H and O–H groups in total. The van der Waals surface area contributed by atoms with Gasteiger partial charge in [0.2, 0.25) is 0 Å². The first-order valence-electron chi connectivity index (χ1n) is 5.48. The number of rotatable bonds is 7. The Bertz CT molecular complexity index is 245. The van der Waals surface area contributed by atoms with Crippen LogP contribution in [-0.2, 0) is 0 Å². The van der Waals surface area contributed by atoms with E-state index in [2.05, 4.69) is 17.0 Å². The topological polar surface area (TPSA) is 50.8 Å². The molecule has 0 rings (SSSR count). The van der Waals surface area contributed by atoms with Crippen LogP contribution in [-0.4, -0.2) is 25.0 Å². The zero-order valence-electron chi connectivity index (χ0n) is 10.1. The Morgan fingerprint density at radius 3 is 2.33 bits per heavy atom. The number of unbranched alkanes of at least 4 members (excludes halogenated alkanes) is 1. The van der Waals surface area contributed by atoms with Crippen molar-refractivity contribution in [3.8, 4) is 12.1 Å². The van der Waals surface area contributed by atoms with Crippen LogP contribution in [0.5, 0.6) is 0 Å². The summed E-state index contributed by atoms with van der Waals surface area (Å²) in [5.74, 6) is 0. The Hall–Kier alpha value is -1.06. The molecule has 0 aromatic carbocycles. The molecule has 0 aliphatic rings. The van der Waals surface area contributed by atoms with E-state index in [1.165, 1.54) is 0 Å². The third-order valence-corrected chi connectivity index (χ3v) is 2.50. The van der Waals surface area contributed by atoms with E-state index in [1.54, 1.807) is 0 Å². The van der Waals surface area contributed by atoms with E-state index in [0.717, 1.165) is 32.4 Å². The molecule has 15 heavy (non-hydrogen) atoms. The molecule has 3 nitrogen and oxygen atoms in total. The fourth-order valence-electron chi connectivity index (χ4n) is 1.36. The van der Waals surface area contributed by atoms with Gasteiger partial charge in [-0.05, 0) is 40.3 Å². The maximum atomic E-state index is 8.82. The summed E-state index contributed by atoms with van der Waals surface area (Å²) in [4.78, 5) is 2.17. The lowest BCUT2D eigenvalue weighted by Gasteiger charge is -2.17. The highest BCUT2D eigenvalue weighted by molar-refractivity contribution is 4.91. The van der Waals surface area contributed by atoms with Crippen LogP contribution in [0.25, 0.3) is 0 Å². The second-order valence-corrected chi connectivity index (χ2v) is 4.66. The van der Waals surface area contributed by atoms with Crippen LogP contribution >= 0.6 is 0 Å². The Balaban J connectivity index is 3.48. The lowest BCUT2D eigenvalue weighted by molar-refractivity contribution is 0.320. The van der Waals surface area contributed by atoms with Crippen molar-refractivity contribution in [2.45, 2.75) is 39.5 Å². The molecular weight excluding hydrogens is 186 g/mol. The van der Waals surface area contributed by atoms with Gasteiger partial charge in [0.15, 0.2) is 0 Å². The first-order chi connectivity index (χ1) is 7.02. The molecule has 3 heteroatoms. The molecule has 0 saturated heterocycles. The van der Waals surface area contributed by atoms with Crippen LogP contribution in [0, 0.1) is 28.1 Å². The molecule has 0 radical (unpaired) electrons. The van der Waals surface area contributed by atoms with E-state index in [4.69, 9.17) is 10.5 Å². The summed E-state index contributed by atoms with van der Waals surface area (Å²) in [6.07, 6.45) is 3.74. The molecule has 0 spiro atoms. The van der Waals surface area contributed by atoms with E-state index in [-0.39, 0.29) is 5.41 Å². The van der Waals surface area contributed by atoms with Gasteiger partial charge in [-0.1, -0.05) is 6.42 Å². The minimum absolute atomic E-state index is 0.189. The van der Waals surface area contributed by atoms with Gasteiger partial charge in [0.25, 0.3) is 0 Å². The lowest BCUT2D eigenvalue weighted by Crippen LogP contribution is -2.21. The number of nitrogens with zero attached hydrogens (tertiary/aromatic N) is 3. The molecule has 0 amide bonds. The highest BCUT2D eigenvalue weighted by Gasteiger charge is 2.15. The first-order valence-corrected chi connectivity index (χ1v) is 5.48. The summed E-state index contributed by atoms with van der Waals surface area (Å²) in [5.41, 5.74) is -0.189. The van der Waals surface area contributed by atoms with E-state index >= 15 is 0 Å². The molecule has 0 aliphatic carbocycles. The molecule has 0 aromatic heterocycles. The van der Waals surface area contributed by atoms with Gasteiger partial charge in [-0.25, -0.2) is 0 Å². The van der Waals surface area contributed by atoms with E-state index in [0.29, 0.717) is 6.42 Å². The maximum Gasteiger partial charge on any atom is 0.0683 e. The van der Waals surface area contributed by atoms with Crippen LogP contribution in [0.1, 0.15) is 39.5 Å². The second kappa shape index (κ2) is 7.26. The van der Waals surface area contributed by atoms with Crippen molar-refractivity contribution >= 4 is 0 Å². The smallest absolute Gasteiger partial charge is 0.0683 e. The lowest BCUT2D eigenvalue weighted by atomic mass is 9.89. The van der Waals surface area contributed by atoms with Gasteiger partial charge in [-0.2, -0.15) is 10.5 Å². The van der Waals surface area contributed by atoms with Gasteiger partial charge in [0.1, 0.15) is 0 Å². The minimum atomic E-state index is -0.189. The monoisotopic (exact) mass is 207 g/mol. The van der Waals surface area contributed by atoms with Crippen LogP contribution in [0.15, 0.2) is 0 Å². The summed E-state index contributed by atoms with van der Waals surface area (Å²) < 4.78 is 0. The minimum Gasteiger partial charge on any atom is -0.305 e. The SMILES string of the molecule is CN(CCC#N)CCCCC(C)(C)C#N. The maximum absolute atomic E-state index is 8.82. The van der Waals surface area contributed by atoms with Crippen molar-refractivity contribution in [3.05, 3.63) is 0 Å². The summed E-state index contributed by atoms with van der Waals surface area (Å²) in [6, 6.07) is 4.44. The van der Waals surface area contributed by atoms with Crippen molar-refractivity contribution in [1.82, 2.24) is 4.90 Å². The summed E-state index contributed by atoms with van der Waals surface area (Å²) >= 11 is 0. The van der Waals surface area contributed by atoms with Crippen molar-refractivity contribution in [2.24, 2.45) is 5.41 Å². The van der Waals surface area contributed by atoms with Gasteiger partial charge in [0.05, 0.1) is 17.6 Å². The highest BCUT2D eigenvalue weighted by atomic mass is 15.1. The van der Waals surface area contributed by atoms with Gasteiger partial charge < -0.3 is 4.90 Å². The molecular formula is C12H21N3. The molecule has 0 heterocycles. The van der Waals surface area contributed by atoms with Gasteiger partial charge >= 0.3 is 0 Å². The Morgan fingerprint density at radius 1 is 1.13 bits per heavy atom. The quantitative estimate of drug-likeness (QED) is 0.603. The third kappa shape index (κ3) is 7.97.